The van der Waals surface area contributed by atoms with Gasteiger partial charge in [-0.1, -0.05) is 12.1 Å². The number of nitrogens with zero attached hydrogens (tertiary/aromatic N) is 5. The number of aromatic nitrogens is 2. The normalized spacial score (nSPS) is 23.6. The molecular weight excluding hydrogens is 495 g/mol. The maximum atomic E-state index is 13.3. The van der Waals surface area contributed by atoms with Crippen LogP contribution in [0.25, 0.3) is 0 Å². The number of carbonyl (C=O) groups is 2. The van der Waals surface area contributed by atoms with Gasteiger partial charge in [-0.15, -0.1) is 24.9 Å². The largest absolute Gasteiger partial charge is 0.573 e. The molecule has 3 heterocycles. The van der Waals surface area contributed by atoms with Gasteiger partial charge >= 0.3 is 6.36 Å². The number of piperidine rings is 1. The lowest BCUT2D eigenvalue weighted by Crippen LogP contribution is -2.40. The van der Waals surface area contributed by atoms with Crippen LogP contribution in [0.2, 0.25) is 0 Å². The van der Waals surface area contributed by atoms with E-state index in [1.165, 1.54) is 18.2 Å². The van der Waals surface area contributed by atoms with E-state index in [2.05, 4.69) is 14.6 Å². The maximum absolute atomic E-state index is 13.3. The number of aryl methyl sites for hydroxylation is 1. The number of likely N-dealkylation sites (tertiary alicyclic amines) is 1. The molecule has 0 bridgehead atoms. The first-order valence-electron chi connectivity index (χ1n) is 11.9. The number of benzene rings is 1. The summed E-state index contributed by atoms with van der Waals surface area (Å²) in [7, 11) is 1.77. The van der Waals surface area contributed by atoms with Crippen molar-refractivity contribution in [3.8, 4) is 5.75 Å². The number of halogens is 3. The lowest BCUT2D eigenvalue weighted by Gasteiger charge is -2.26. The highest BCUT2D eigenvalue weighted by molar-refractivity contribution is 7.99. The van der Waals surface area contributed by atoms with Gasteiger partial charge in [0, 0.05) is 51.7 Å². The quantitative estimate of drug-likeness (QED) is 0.530. The van der Waals surface area contributed by atoms with Gasteiger partial charge in [0.1, 0.15) is 11.4 Å². The van der Waals surface area contributed by atoms with Gasteiger partial charge in [-0.2, -0.15) is 0 Å². The molecule has 2 aromatic rings. The van der Waals surface area contributed by atoms with E-state index in [1.807, 2.05) is 4.90 Å². The van der Waals surface area contributed by atoms with Crippen LogP contribution in [-0.4, -0.2) is 86.8 Å². The summed E-state index contributed by atoms with van der Waals surface area (Å²) in [5, 5.41) is 0. The second-order valence-electron chi connectivity index (χ2n) is 9.69. The predicted octanol–water partition coefficient (Wildman–Crippen LogP) is 2.67. The van der Waals surface area contributed by atoms with Gasteiger partial charge in [-0.05, 0) is 35.4 Å². The summed E-state index contributed by atoms with van der Waals surface area (Å²) in [6.45, 7) is 3.52. The Labute approximate surface area is 211 Å². The van der Waals surface area contributed by atoms with E-state index in [4.69, 9.17) is 0 Å². The topological polar surface area (TPSA) is 70.9 Å². The molecule has 1 aromatic carbocycles. The number of ether oxygens (including phenoxy) is 1. The Bertz CT molecular complexity index is 1110. The first-order chi connectivity index (χ1) is 17.2. The van der Waals surface area contributed by atoms with E-state index in [-0.39, 0.29) is 24.1 Å². The van der Waals surface area contributed by atoms with Crippen LogP contribution in [0.5, 0.6) is 5.75 Å². The van der Waals surface area contributed by atoms with Gasteiger partial charge in [0.15, 0.2) is 0 Å². The van der Waals surface area contributed by atoms with Gasteiger partial charge in [0.25, 0.3) is 5.91 Å². The molecule has 12 heteroatoms. The molecule has 3 aliphatic rings. The van der Waals surface area contributed by atoms with Crippen LogP contribution >= 0.6 is 11.8 Å². The number of thioether (sulfide) groups is 1. The van der Waals surface area contributed by atoms with Crippen LogP contribution in [0.15, 0.2) is 36.8 Å². The molecule has 194 valence electrons. The minimum atomic E-state index is -4.78. The van der Waals surface area contributed by atoms with Crippen LogP contribution in [-0.2, 0) is 18.4 Å². The van der Waals surface area contributed by atoms with E-state index in [0.717, 1.165) is 31.3 Å². The number of hydrogen-bond donors (Lipinski definition) is 0. The first kappa shape index (κ1) is 24.9. The molecule has 2 aliphatic heterocycles. The summed E-state index contributed by atoms with van der Waals surface area (Å²) in [6, 6.07) is 5.72. The molecule has 0 radical (unpaired) electrons. The molecule has 0 spiro atoms. The maximum Gasteiger partial charge on any atom is 0.573 e. The van der Waals surface area contributed by atoms with Crippen molar-refractivity contribution in [2.24, 2.45) is 24.8 Å². The minimum absolute atomic E-state index is 0.148. The van der Waals surface area contributed by atoms with Crippen molar-refractivity contribution in [2.45, 2.75) is 12.9 Å². The molecule has 0 N–H and O–H groups in total. The summed E-state index contributed by atoms with van der Waals surface area (Å²) < 4.78 is 43.7. The highest BCUT2D eigenvalue weighted by Crippen LogP contribution is 2.52. The minimum Gasteiger partial charge on any atom is -0.406 e. The van der Waals surface area contributed by atoms with Crippen molar-refractivity contribution in [1.29, 1.82) is 0 Å². The Kier molecular flexibility index (Phi) is 6.90. The third-order valence-electron chi connectivity index (χ3n) is 7.06. The molecule has 1 saturated carbocycles. The fraction of sp³-hybridized carbons (Fsp3) is 0.542. The van der Waals surface area contributed by atoms with Crippen LogP contribution in [0.1, 0.15) is 16.1 Å². The van der Waals surface area contributed by atoms with Gasteiger partial charge in [-0.3, -0.25) is 14.5 Å². The lowest BCUT2D eigenvalue weighted by atomic mass is 10.1. The van der Waals surface area contributed by atoms with Crippen LogP contribution in [0, 0.1) is 17.8 Å². The highest BCUT2D eigenvalue weighted by Gasteiger charge is 2.56. The van der Waals surface area contributed by atoms with E-state index in [0.29, 0.717) is 42.1 Å². The lowest BCUT2D eigenvalue weighted by molar-refractivity contribution is -0.274. The summed E-state index contributed by atoms with van der Waals surface area (Å²) in [5.74, 6) is 2.46. The number of fused-ring (bicyclic) bond motifs is 1. The second-order valence-corrected chi connectivity index (χ2v) is 10.8. The Morgan fingerprint density at radius 3 is 2.67 bits per heavy atom. The zero-order valence-electron chi connectivity index (χ0n) is 19.9. The van der Waals surface area contributed by atoms with Gasteiger partial charge in [0.2, 0.25) is 5.91 Å². The highest BCUT2D eigenvalue weighted by atomic mass is 32.2. The summed E-state index contributed by atoms with van der Waals surface area (Å²) >= 11 is 1.77. The van der Waals surface area contributed by atoms with Gasteiger partial charge in [-0.25, -0.2) is 4.98 Å². The van der Waals surface area contributed by atoms with Gasteiger partial charge in [0.05, 0.1) is 18.7 Å². The van der Waals surface area contributed by atoms with Crippen molar-refractivity contribution >= 4 is 23.6 Å². The summed E-state index contributed by atoms with van der Waals surface area (Å²) in [6.07, 6.45) is -1.60. The standard InChI is InChI=1S/C24H28F3N5O3S/c1-29-12-21(28-14-29)23(34)32(8-16-3-2-4-17(7-16)35-24(25,26)27)11-20-18-9-30(10-19(18)20)13-22(33)31-5-6-36-15-31/h2-4,7,12,14,18-20H,5-6,8-11,13,15H2,1H3. The Morgan fingerprint density at radius 2 is 2.03 bits per heavy atom. The van der Waals surface area contributed by atoms with Crippen molar-refractivity contribution in [2.75, 3.05) is 44.4 Å². The number of imidazole rings is 1. The molecule has 2 atom stereocenters. The second kappa shape index (κ2) is 9.97. The zero-order chi connectivity index (χ0) is 25.4. The number of amides is 2. The Balaban J connectivity index is 1.23. The molecule has 36 heavy (non-hydrogen) atoms. The van der Waals surface area contributed by atoms with E-state index >= 15 is 0 Å². The smallest absolute Gasteiger partial charge is 0.406 e. The van der Waals surface area contributed by atoms with Crippen LogP contribution < -0.4 is 4.74 Å². The molecule has 2 saturated heterocycles. The summed E-state index contributed by atoms with van der Waals surface area (Å²) in [5.41, 5.74) is 0.837. The molecule has 5 rings (SSSR count). The first-order valence-corrected chi connectivity index (χ1v) is 13.0. The van der Waals surface area contributed by atoms with E-state index in [1.54, 1.807) is 46.9 Å². The zero-order valence-corrected chi connectivity index (χ0v) is 20.7. The van der Waals surface area contributed by atoms with Crippen molar-refractivity contribution in [3.63, 3.8) is 0 Å². The van der Waals surface area contributed by atoms with Crippen molar-refractivity contribution in [3.05, 3.63) is 48.0 Å². The number of hydrogen-bond acceptors (Lipinski definition) is 6. The molecule has 3 fully saturated rings. The van der Waals surface area contributed by atoms with E-state index in [9.17, 15) is 22.8 Å². The number of carbonyl (C=O) groups excluding carboxylic acids is 2. The fourth-order valence-corrected chi connectivity index (χ4v) is 6.23. The number of alkyl halides is 3. The van der Waals surface area contributed by atoms with Crippen LogP contribution in [0.3, 0.4) is 0 Å². The van der Waals surface area contributed by atoms with Crippen LogP contribution in [0.4, 0.5) is 13.2 Å². The predicted molar refractivity (Wildman–Crippen MR) is 127 cm³/mol. The molecule has 2 amide bonds. The summed E-state index contributed by atoms with van der Waals surface area (Å²) in [4.78, 5) is 35.7. The van der Waals surface area contributed by atoms with Gasteiger partial charge < -0.3 is 19.1 Å². The third-order valence-corrected chi connectivity index (χ3v) is 8.02. The monoisotopic (exact) mass is 523 g/mol. The van der Waals surface area contributed by atoms with Crippen molar-refractivity contribution in [1.82, 2.24) is 24.3 Å². The molecular formula is C24H28F3N5O3S. The van der Waals surface area contributed by atoms with E-state index < -0.39 is 6.36 Å². The average molecular weight is 524 g/mol. The Hall–Kier alpha value is -2.73. The Morgan fingerprint density at radius 1 is 1.25 bits per heavy atom. The fourth-order valence-electron chi connectivity index (χ4n) is 5.26. The SMILES string of the molecule is Cn1cnc(C(=O)N(Cc2cccc(OC(F)(F)F)c2)CC2C3CN(CC(=O)N4CCSC4)CC32)c1. The molecule has 1 aliphatic carbocycles. The average Bonchev–Trinajstić information content (AvgIpc) is 3.33. The van der Waals surface area contributed by atoms with Crippen molar-refractivity contribution < 1.29 is 27.5 Å². The molecule has 2 unspecified atom stereocenters. The third kappa shape index (κ3) is 5.80. The molecule has 1 aromatic heterocycles. The number of rotatable bonds is 8. The molecule has 8 nitrogen and oxygen atoms in total.